The van der Waals surface area contributed by atoms with Crippen molar-refractivity contribution >= 4 is 15.9 Å². The Labute approximate surface area is 126 Å². The van der Waals surface area contributed by atoms with E-state index in [2.05, 4.69) is 28.1 Å². The molecule has 0 aliphatic rings. The third kappa shape index (κ3) is 3.31. The van der Waals surface area contributed by atoms with E-state index >= 15 is 0 Å². The zero-order chi connectivity index (χ0) is 14.5. The van der Waals surface area contributed by atoms with Gasteiger partial charge in [-0.3, -0.25) is 0 Å². The molecule has 0 spiro atoms. The van der Waals surface area contributed by atoms with Crippen molar-refractivity contribution in [1.82, 2.24) is 0 Å². The van der Waals surface area contributed by atoms with Crippen LogP contribution < -0.4 is 9.47 Å². The Morgan fingerprint density at radius 1 is 1.25 bits per heavy atom. The fourth-order valence-corrected chi connectivity index (χ4v) is 2.35. The van der Waals surface area contributed by atoms with Gasteiger partial charge in [0.05, 0.1) is 12.7 Å². The van der Waals surface area contributed by atoms with E-state index in [-0.39, 0.29) is 0 Å². The molecule has 20 heavy (non-hydrogen) atoms. The first-order valence-electron chi connectivity index (χ1n) is 6.10. The maximum atomic E-state index is 9.20. The molecule has 0 bridgehead atoms. The topological polar surface area (TPSA) is 42.2 Å². The van der Waals surface area contributed by atoms with Gasteiger partial charge in [-0.15, -0.1) is 0 Å². The van der Waals surface area contributed by atoms with Gasteiger partial charge >= 0.3 is 0 Å². The fraction of sp³-hybridized carbons (Fsp3) is 0.188. The molecule has 0 aliphatic heterocycles. The second-order valence-electron chi connectivity index (χ2n) is 4.37. The van der Waals surface area contributed by atoms with Gasteiger partial charge < -0.3 is 9.47 Å². The molecule has 0 heterocycles. The Morgan fingerprint density at radius 3 is 2.70 bits per heavy atom. The van der Waals surface area contributed by atoms with E-state index in [1.54, 1.807) is 19.2 Å². The highest BCUT2D eigenvalue weighted by Gasteiger charge is 2.12. The smallest absolute Gasteiger partial charge is 0.179 e. The van der Waals surface area contributed by atoms with E-state index in [0.29, 0.717) is 23.7 Å². The predicted molar refractivity (Wildman–Crippen MR) is 80.9 cm³/mol. The number of hydrogen-bond acceptors (Lipinski definition) is 3. The summed E-state index contributed by atoms with van der Waals surface area (Å²) in [7, 11) is 1.56. The second-order valence-corrected chi connectivity index (χ2v) is 5.29. The van der Waals surface area contributed by atoms with Crippen molar-refractivity contribution in [3.63, 3.8) is 0 Å². The first kappa shape index (κ1) is 14.4. The molecule has 0 fully saturated rings. The Bertz CT molecular complexity index is 662. The molecule has 0 atom stereocenters. The zero-order valence-corrected chi connectivity index (χ0v) is 12.9. The van der Waals surface area contributed by atoms with Crippen LogP contribution in [0.25, 0.3) is 0 Å². The normalized spacial score (nSPS) is 9.90. The average molecular weight is 332 g/mol. The molecule has 3 nitrogen and oxygen atoms in total. The van der Waals surface area contributed by atoms with Gasteiger partial charge in [-0.05, 0) is 24.6 Å². The van der Waals surface area contributed by atoms with Gasteiger partial charge in [-0.25, -0.2) is 0 Å². The number of nitrogens with zero attached hydrogens (tertiary/aromatic N) is 1. The van der Waals surface area contributed by atoms with Gasteiger partial charge in [0.2, 0.25) is 0 Å². The third-order valence-electron chi connectivity index (χ3n) is 2.83. The van der Waals surface area contributed by atoms with E-state index in [9.17, 15) is 5.26 Å². The molecule has 2 rings (SSSR count). The minimum Gasteiger partial charge on any atom is -0.493 e. The summed E-state index contributed by atoms with van der Waals surface area (Å²) in [6, 6.07) is 13.7. The van der Waals surface area contributed by atoms with Crippen molar-refractivity contribution in [2.24, 2.45) is 0 Å². The second kappa shape index (κ2) is 6.44. The molecule has 2 aromatic carbocycles. The summed E-state index contributed by atoms with van der Waals surface area (Å²) in [5.41, 5.74) is 2.68. The number of nitriles is 1. The van der Waals surface area contributed by atoms with Gasteiger partial charge in [0, 0.05) is 4.47 Å². The number of methoxy groups -OCH3 is 1. The van der Waals surface area contributed by atoms with E-state index in [1.807, 2.05) is 25.1 Å². The van der Waals surface area contributed by atoms with E-state index in [4.69, 9.17) is 9.47 Å². The van der Waals surface area contributed by atoms with Crippen molar-refractivity contribution in [2.45, 2.75) is 13.5 Å². The summed E-state index contributed by atoms with van der Waals surface area (Å²) < 4.78 is 11.8. The van der Waals surface area contributed by atoms with Crippen LogP contribution in [0.3, 0.4) is 0 Å². The van der Waals surface area contributed by atoms with E-state index in [1.165, 1.54) is 5.56 Å². The molecular weight excluding hydrogens is 318 g/mol. The summed E-state index contributed by atoms with van der Waals surface area (Å²) >= 11 is 3.35. The minimum absolute atomic E-state index is 0.397. The van der Waals surface area contributed by atoms with Crippen molar-refractivity contribution in [3.05, 3.63) is 57.6 Å². The first-order valence-corrected chi connectivity index (χ1v) is 6.89. The summed E-state index contributed by atoms with van der Waals surface area (Å²) in [6.45, 7) is 2.43. The Hall–Kier alpha value is -1.99. The van der Waals surface area contributed by atoms with Crippen LogP contribution in [0.1, 0.15) is 16.7 Å². The molecule has 0 saturated carbocycles. The third-order valence-corrected chi connectivity index (χ3v) is 3.28. The fourth-order valence-electron chi connectivity index (χ4n) is 1.91. The van der Waals surface area contributed by atoms with Crippen molar-refractivity contribution in [3.8, 4) is 17.6 Å². The molecule has 0 amide bonds. The largest absolute Gasteiger partial charge is 0.493 e. The highest BCUT2D eigenvalue weighted by atomic mass is 79.9. The molecule has 2 aromatic rings. The van der Waals surface area contributed by atoms with Gasteiger partial charge in [-0.1, -0.05) is 45.8 Å². The molecule has 0 aromatic heterocycles. The lowest BCUT2D eigenvalue weighted by Crippen LogP contribution is -2.00. The molecule has 0 aliphatic carbocycles. The van der Waals surface area contributed by atoms with Crippen molar-refractivity contribution < 1.29 is 9.47 Å². The van der Waals surface area contributed by atoms with Gasteiger partial charge in [0.25, 0.3) is 0 Å². The molecule has 0 N–H and O–H groups in total. The Kier molecular flexibility index (Phi) is 4.65. The molecule has 102 valence electrons. The number of aryl methyl sites for hydroxylation is 1. The van der Waals surface area contributed by atoms with Crippen LogP contribution >= 0.6 is 15.9 Å². The van der Waals surface area contributed by atoms with Gasteiger partial charge in [0.15, 0.2) is 11.5 Å². The van der Waals surface area contributed by atoms with Crippen LogP contribution in [0.5, 0.6) is 11.5 Å². The lowest BCUT2D eigenvalue weighted by Gasteiger charge is -2.13. The standard InChI is InChI=1S/C16H14BrNO2/c1-11-4-3-5-12(6-11)10-20-16-13(9-18)7-14(17)8-15(16)19-2/h3-8H,10H2,1-2H3. The summed E-state index contributed by atoms with van der Waals surface area (Å²) in [6.07, 6.45) is 0. The predicted octanol–water partition coefficient (Wildman–Crippen LogP) is 4.22. The summed E-state index contributed by atoms with van der Waals surface area (Å²) in [5.74, 6) is 1.02. The number of hydrogen-bond donors (Lipinski definition) is 0. The van der Waals surface area contributed by atoms with Crippen LogP contribution in [-0.4, -0.2) is 7.11 Å². The number of rotatable bonds is 4. The number of halogens is 1. The maximum Gasteiger partial charge on any atom is 0.179 e. The summed E-state index contributed by atoms with van der Waals surface area (Å²) in [5, 5.41) is 9.20. The van der Waals surface area contributed by atoms with Crippen LogP contribution in [0.2, 0.25) is 0 Å². The Morgan fingerprint density at radius 2 is 2.05 bits per heavy atom. The average Bonchev–Trinajstić information content (AvgIpc) is 2.45. The van der Waals surface area contributed by atoms with Crippen LogP contribution in [0.15, 0.2) is 40.9 Å². The molecule has 4 heteroatoms. The van der Waals surface area contributed by atoms with Gasteiger partial charge in [0.1, 0.15) is 12.7 Å². The molecule has 0 saturated heterocycles. The van der Waals surface area contributed by atoms with Crippen molar-refractivity contribution in [1.29, 1.82) is 5.26 Å². The van der Waals surface area contributed by atoms with Crippen LogP contribution in [0.4, 0.5) is 0 Å². The Balaban J connectivity index is 2.27. The number of benzene rings is 2. The SMILES string of the molecule is COc1cc(Br)cc(C#N)c1OCc1cccc(C)c1. The van der Waals surface area contributed by atoms with Gasteiger partial charge in [-0.2, -0.15) is 5.26 Å². The molecular formula is C16H14BrNO2. The zero-order valence-electron chi connectivity index (χ0n) is 11.3. The minimum atomic E-state index is 0.397. The van der Waals surface area contributed by atoms with Crippen LogP contribution in [-0.2, 0) is 6.61 Å². The first-order chi connectivity index (χ1) is 9.63. The summed E-state index contributed by atoms with van der Waals surface area (Å²) in [4.78, 5) is 0. The number of ether oxygens (including phenoxy) is 2. The quantitative estimate of drug-likeness (QED) is 0.842. The molecule has 0 radical (unpaired) electrons. The maximum absolute atomic E-state index is 9.20. The highest BCUT2D eigenvalue weighted by molar-refractivity contribution is 9.10. The van der Waals surface area contributed by atoms with Crippen LogP contribution in [0, 0.1) is 18.3 Å². The van der Waals surface area contributed by atoms with E-state index in [0.717, 1.165) is 10.0 Å². The lowest BCUT2D eigenvalue weighted by atomic mass is 10.1. The van der Waals surface area contributed by atoms with E-state index < -0.39 is 0 Å². The monoisotopic (exact) mass is 331 g/mol. The highest BCUT2D eigenvalue weighted by Crippen LogP contribution is 2.34. The molecule has 0 unspecified atom stereocenters. The lowest BCUT2D eigenvalue weighted by molar-refractivity contribution is 0.283. The van der Waals surface area contributed by atoms with Crippen molar-refractivity contribution in [2.75, 3.05) is 7.11 Å².